The van der Waals surface area contributed by atoms with E-state index in [4.69, 9.17) is 4.74 Å². The molecule has 0 radical (unpaired) electrons. The second-order valence-electron chi connectivity index (χ2n) is 7.82. The van der Waals surface area contributed by atoms with Crippen molar-refractivity contribution in [1.29, 1.82) is 0 Å². The van der Waals surface area contributed by atoms with Gasteiger partial charge >= 0.3 is 0 Å². The second-order valence-corrected chi connectivity index (χ2v) is 7.82. The molecule has 32 heavy (non-hydrogen) atoms. The van der Waals surface area contributed by atoms with E-state index >= 15 is 0 Å². The summed E-state index contributed by atoms with van der Waals surface area (Å²) in [6.45, 7) is 0.449. The molecule has 3 nitrogen and oxygen atoms in total. The fourth-order valence-corrected chi connectivity index (χ4v) is 4.65. The van der Waals surface area contributed by atoms with E-state index in [0.717, 1.165) is 17.1 Å². The van der Waals surface area contributed by atoms with Crippen LogP contribution in [0.1, 0.15) is 0 Å². The Morgan fingerprint density at radius 3 is 1.91 bits per heavy atom. The summed E-state index contributed by atoms with van der Waals surface area (Å²) in [5, 5.41) is 7.51. The van der Waals surface area contributed by atoms with Crippen molar-refractivity contribution >= 4 is 55.9 Å². The van der Waals surface area contributed by atoms with Crippen molar-refractivity contribution in [1.82, 2.24) is 0 Å². The molecule has 0 aliphatic rings. The molecule has 0 saturated heterocycles. The lowest BCUT2D eigenvalue weighted by molar-refractivity contribution is -0.120. The van der Waals surface area contributed by atoms with Crippen LogP contribution in [0.5, 0.6) is 5.75 Å². The lowest BCUT2D eigenvalue weighted by Crippen LogP contribution is -2.10. The second kappa shape index (κ2) is 7.40. The minimum Gasteiger partial charge on any atom is -0.429 e. The Morgan fingerprint density at radius 1 is 0.562 bits per heavy atom. The Balaban J connectivity index is 1.64. The average Bonchev–Trinajstić information content (AvgIpc) is 2.85. The van der Waals surface area contributed by atoms with E-state index in [9.17, 15) is 4.79 Å². The van der Waals surface area contributed by atoms with E-state index in [-0.39, 0.29) is 0 Å². The van der Waals surface area contributed by atoms with Crippen molar-refractivity contribution in [2.24, 2.45) is 0 Å². The highest BCUT2D eigenvalue weighted by Crippen LogP contribution is 2.43. The standard InChI is InChI=1S/C29H19NO2/c31-19-32-25-15-13-24(14-16-25)30(23-7-2-1-3-8-23)27-18-12-22-10-9-20-5-4-6-21-11-17-26(27)29(22)28(20)21/h1-19H. The Labute approximate surface area is 185 Å². The Bertz CT molecular complexity index is 1540. The SMILES string of the molecule is O=COc1ccc(N(c2ccccc2)c2ccc3ccc4cccc5ccc2c3c45)cc1. The number of hydrogen-bond donors (Lipinski definition) is 0. The summed E-state index contributed by atoms with van der Waals surface area (Å²) in [6, 6.07) is 37.6. The molecule has 152 valence electrons. The molecule has 0 aliphatic carbocycles. The maximum atomic E-state index is 10.7. The first-order valence-electron chi connectivity index (χ1n) is 10.6. The van der Waals surface area contributed by atoms with Crippen molar-refractivity contribution in [2.45, 2.75) is 0 Å². The molecule has 0 spiro atoms. The van der Waals surface area contributed by atoms with Gasteiger partial charge in [-0.15, -0.1) is 0 Å². The van der Waals surface area contributed by atoms with Crippen LogP contribution in [0.15, 0.2) is 109 Å². The molecule has 0 atom stereocenters. The molecule has 6 rings (SSSR count). The summed E-state index contributed by atoms with van der Waals surface area (Å²) in [7, 11) is 0. The highest BCUT2D eigenvalue weighted by molar-refractivity contribution is 6.25. The zero-order valence-electron chi connectivity index (χ0n) is 17.2. The number of carbonyl (C=O) groups excluding carboxylic acids is 1. The van der Waals surface area contributed by atoms with E-state index < -0.39 is 0 Å². The van der Waals surface area contributed by atoms with Gasteiger partial charge in [-0.3, -0.25) is 4.79 Å². The van der Waals surface area contributed by atoms with Crippen LogP contribution < -0.4 is 9.64 Å². The van der Waals surface area contributed by atoms with Crippen molar-refractivity contribution in [3.05, 3.63) is 109 Å². The molecular weight excluding hydrogens is 394 g/mol. The molecule has 0 heterocycles. The fraction of sp³-hybridized carbons (Fsp3) is 0. The Kier molecular flexibility index (Phi) is 4.25. The monoisotopic (exact) mass is 413 g/mol. The topological polar surface area (TPSA) is 29.5 Å². The lowest BCUT2D eigenvalue weighted by Gasteiger charge is -2.27. The third kappa shape index (κ3) is 2.87. The van der Waals surface area contributed by atoms with Crippen LogP contribution >= 0.6 is 0 Å². The third-order valence-electron chi connectivity index (χ3n) is 6.04. The molecule has 0 saturated carbocycles. The van der Waals surface area contributed by atoms with Gasteiger partial charge in [0.05, 0.1) is 5.69 Å². The van der Waals surface area contributed by atoms with Crippen molar-refractivity contribution in [3.8, 4) is 5.75 Å². The molecule has 0 N–H and O–H groups in total. The first-order valence-corrected chi connectivity index (χ1v) is 10.6. The minimum absolute atomic E-state index is 0.449. The number of nitrogens with zero attached hydrogens (tertiary/aromatic N) is 1. The van der Waals surface area contributed by atoms with Gasteiger partial charge < -0.3 is 9.64 Å². The number of anilines is 3. The summed E-state index contributed by atoms with van der Waals surface area (Å²) in [6.07, 6.45) is 0. The number of benzene rings is 6. The molecule has 0 bridgehead atoms. The minimum atomic E-state index is 0.449. The zero-order chi connectivity index (χ0) is 21.5. The predicted octanol–water partition coefficient (Wildman–Crippen LogP) is 7.59. The number of para-hydroxylation sites is 1. The molecular formula is C29H19NO2. The van der Waals surface area contributed by atoms with E-state index in [1.54, 1.807) is 0 Å². The summed E-state index contributed by atoms with van der Waals surface area (Å²) >= 11 is 0. The lowest BCUT2D eigenvalue weighted by atomic mass is 9.93. The highest BCUT2D eigenvalue weighted by Gasteiger charge is 2.18. The van der Waals surface area contributed by atoms with Gasteiger partial charge in [0.25, 0.3) is 6.47 Å². The van der Waals surface area contributed by atoms with Gasteiger partial charge in [0.2, 0.25) is 0 Å². The van der Waals surface area contributed by atoms with Crippen LogP contribution in [0.25, 0.3) is 32.3 Å². The Hall–Kier alpha value is -4.37. The van der Waals surface area contributed by atoms with Crippen molar-refractivity contribution < 1.29 is 9.53 Å². The summed E-state index contributed by atoms with van der Waals surface area (Å²) in [5.74, 6) is 0.521. The normalized spacial score (nSPS) is 11.2. The van der Waals surface area contributed by atoms with Gasteiger partial charge in [-0.1, -0.05) is 66.7 Å². The predicted molar refractivity (Wildman–Crippen MR) is 132 cm³/mol. The van der Waals surface area contributed by atoms with Crippen LogP contribution in [0.4, 0.5) is 17.1 Å². The maximum absolute atomic E-state index is 10.7. The van der Waals surface area contributed by atoms with E-state index in [0.29, 0.717) is 12.2 Å². The zero-order valence-corrected chi connectivity index (χ0v) is 17.2. The molecule has 0 amide bonds. The summed E-state index contributed by atoms with van der Waals surface area (Å²) < 4.78 is 5.00. The molecule has 0 unspecified atom stereocenters. The van der Waals surface area contributed by atoms with Gasteiger partial charge in [0.1, 0.15) is 5.75 Å². The number of hydrogen-bond acceptors (Lipinski definition) is 3. The van der Waals surface area contributed by atoms with Crippen LogP contribution in [0.3, 0.4) is 0 Å². The largest absolute Gasteiger partial charge is 0.429 e. The summed E-state index contributed by atoms with van der Waals surface area (Å²) in [5.41, 5.74) is 3.15. The van der Waals surface area contributed by atoms with E-state index in [1.165, 1.54) is 32.3 Å². The van der Waals surface area contributed by atoms with Gasteiger partial charge in [0.15, 0.2) is 0 Å². The third-order valence-corrected chi connectivity index (χ3v) is 6.04. The van der Waals surface area contributed by atoms with E-state index in [2.05, 4.69) is 71.6 Å². The van der Waals surface area contributed by atoms with Gasteiger partial charge in [-0.25, -0.2) is 0 Å². The van der Waals surface area contributed by atoms with E-state index in [1.807, 2.05) is 42.5 Å². The first kappa shape index (κ1) is 18.4. The highest BCUT2D eigenvalue weighted by atomic mass is 16.5. The van der Waals surface area contributed by atoms with Crippen molar-refractivity contribution in [2.75, 3.05) is 4.90 Å². The van der Waals surface area contributed by atoms with Crippen LogP contribution in [0, 0.1) is 0 Å². The molecule has 0 aliphatic heterocycles. The number of ether oxygens (including phenoxy) is 1. The van der Waals surface area contributed by atoms with Crippen LogP contribution in [-0.4, -0.2) is 6.47 Å². The molecule has 6 aromatic rings. The number of carbonyl (C=O) groups is 1. The molecule has 3 heteroatoms. The summed E-state index contributed by atoms with van der Waals surface area (Å²) in [4.78, 5) is 13.0. The number of rotatable bonds is 5. The van der Waals surface area contributed by atoms with Crippen LogP contribution in [-0.2, 0) is 4.79 Å². The fourth-order valence-electron chi connectivity index (χ4n) is 4.65. The smallest absolute Gasteiger partial charge is 0.298 e. The van der Waals surface area contributed by atoms with Gasteiger partial charge in [-0.2, -0.15) is 0 Å². The quantitative estimate of drug-likeness (QED) is 0.215. The van der Waals surface area contributed by atoms with Crippen LogP contribution in [0.2, 0.25) is 0 Å². The first-order chi connectivity index (χ1) is 15.8. The molecule has 6 aromatic carbocycles. The molecule has 0 aromatic heterocycles. The Morgan fingerprint density at radius 2 is 1.19 bits per heavy atom. The average molecular weight is 413 g/mol. The molecule has 0 fully saturated rings. The van der Waals surface area contributed by atoms with Crippen molar-refractivity contribution in [3.63, 3.8) is 0 Å². The maximum Gasteiger partial charge on any atom is 0.298 e. The van der Waals surface area contributed by atoms with Gasteiger partial charge in [0, 0.05) is 16.8 Å². The van der Waals surface area contributed by atoms with Gasteiger partial charge in [-0.05, 0) is 69.4 Å².